The lowest BCUT2D eigenvalue weighted by Crippen LogP contribution is -2.30. The molecule has 0 atom stereocenters. The van der Waals surface area contributed by atoms with E-state index in [0.717, 1.165) is 0 Å². The molecular formula is C13H12BrNO4S2. The van der Waals surface area contributed by atoms with Crippen LogP contribution in [0.4, 0.5) is 0 Å². The van der Waals surface area contributed by atoms with Gasteiger partial charge in [-0.3, -0.25) is 9.69 Å². The molecule has 1 amide bonds. The summed E-state index contributed by atoms with van der Waals surface area (Å²) in [7, 11) is 1.45. The molecule has 0 bridgehead atoms. The molecule has 1 fully saturated rings. The fourth-order valence-corrected chi connectivity index (χ4v) is 3.55. The number of β-amino-alcohol motifs (C(OH)–C–C–N with tert-alkyl or cyclic N) is 1. The minimum absolute atomic E-state index is 0.00230. The van der Waals surface area contributed by atoms with Gasteiger partial charge in [0.1, 0.15) is 4.32 Å². The SMILES string of the molecule is COc1cc(C=C2SC(=S)N(CCO)C2=O)cc(Br)c1O. The summed E-state index contributed by atoms with van der Waals surface area (Å²) in [6.45, 7) is 0.0445. The summed E-state index contributed by atoms with van der Waals surface area (Å²) in [5.41, 5.74) is 0.695. The summed E-state index contributed by atoms with van der Waals surface area (Å²) in [5, 5.41) is 18.7. The van der Waals surface area contributed by atoms with E-state index >= 15 is 0 Å². The molecule has 2 N–H and O–H groups in total. The van der Waals surface area contributed by atoms with Gasteiger partial charge in [-0.05, 0) is 39.7 Å². The summed E-state index contributed by atoms with van der Waals surface area (Å²) >= 11 is 9.52. The highest BCUT2D eigenvalue weighted by molar-refractivity contribution is 9.10. The van der Waals surface area contributed by atoms with Crippen molar-refractivity contribution in [3.05, 3.63) is 27.1 Å². The van der Waals surface area contributed by atoms with Gasteiger partial charge in [0.2, 0.25) is 0 Å². The molecule has 1 aliphatic heterocycles. The maximum absolute atomic E-state index is 12.2. The zero-order chi connectivity index (χ0) is 15.6. The number of carbonyl (C=O) groups is 1. The zero-order valence-corrected chi connectivity index (χ0v) is 14.2. The van der Waals surface area contributed by atoms with E-state index < -0.39 is 0 Å². The average Bonchev–Trinajstić information content (AvgIpc) is 2.70. The summed E-state index contributed by atoms with van der Waals surface area (Å²) in [6, 6.07) is 3.30. The number of phenolic OH excluding ortho intramolecular Hbond substituents is 1. The summed E-state index contributed by atoms with van der Waals surface area (Å²) < 4.78 is 5.96. The van der Waals surface area contributed by atoms with Gasteiger partial charge in [-0.15, -0.1) is 0 Å². The Kier molecular flexibility index (Phi) is 5.26. The van der Waals surface area contributed by atoms with Crippen LogP contribution in [0.15, 0.2) is 21.5 Å². The lowest BCUT2D eigenvalue weighted by Gasteiger charge is -2.11. The highest BCUT2D eigenvalue weighted by Gasteiger charge is 2.31. The summed E-state index contributed by atoms with van der Waals surface area (Å²) in [6.07, 6.45) is 1.67. The molecule has 1 aliphatic rings. The first-order valence-electron chi connectivity index (χ1n) is 5.90. The Labute approximate surface area is 139 Å². The van der Waals surface area contributed by atoms with Crippen molar-refractivity contribution in [1.82, 2.24) is 4.90 Å². The average molecular weight is 390 g/mol. The molecule has 5 nitrogen and oxygen atoms in total. The van der Waals surface area contributed by atoms with Gasteiger partial charge in [-0.2, -0.15) is 0 Å². The summed E-state index contributed by atoms with van der Waals surface area (Å²) in [5.74, 6) is 0.0751. The van der Waals surface area contributed by atoms with Gasteiger partial charge >= 0.3 is 0 Å². The van der Waals surface area contributed by atoms with Crippen molar-refractivity contribution in [1.29, 1.82) is 0 Å². The van der Waals surface area contributed by atoms with E-state index in [1.165, 1.54) is 23.8 Å². The van der Waals surface area contributed by atoms with Crippen molar-refractivity contribution in [2.24, 2.45) is 0 Å². The number of thioether (sulfide) groups is 1. The topological polar surface area (TPSA) is 70.0 Å². The Morgan fingerprint density at radius 3 is 2.86 bits per heavy atom. The molecule has 0 aromatic heterocycles. The lowest BCUT2D eigenvalue weighted by molar-refractivity contribution is -0.122. The smallest absolute Gasteiger partial charge is 0.266 e. The van der Waals surface area contributed by atoms with Gasteiger partial charge in [-0.1, -0.05) is 24.0 Å². The number of phenols is 1. The number of hydrogen-bond donors (Lipinski definition) is 2. The Bertz CT molecular complexity index is 633. The fraction of sp³-hybridized carbons (Fsp3) is 0.231. The third-order valence-electron chi connectivity index (χ3n) is 2.77. The van der Waals surface area contributed by atoms with Crippen LogP contribution in [0.3, 0.4) is 0 Å². The maximum Gasteiger partial charge on any atom is 0.266 e. The quantitative estimate of drug-likeness (QED) is 0.608. The fourth-order valence-electron chi connectivity index (χ4n) is 1.78. The molecular weight excluding hydrogens is 378 g/mol. The van der Waals surface area contributed by atoms with Crippen LogP contribution < -0.4 is 4.74 Å². The van der Waals surface area contributed by atoms with Crippen molar-refractivity contribution in [2.45, 2.75) is 0 Å². The number of nitrogens with zero attached hydrogens (tertiary/aromatic N) is 1. The van der Waals surface area contributed by atoms with E-state index in [1.807, 2.05) is 0 Å². The minimum Gasteiger partial charge on any atom is -0.503 e. The number of aromatic hydroxyl groups is 1. The van der Waals surface area contributed by atoms with Gasteiger partial charge in [0.05, 0.1) is 29.6 Å². The van der Waals surface area contributed by atoms with E-state index in [2.05, 4.69) is 15.9 Å². The predicted molar refractivity (Wildman–Crippen MR) is 89.3 cm³/mol. The third-order valence-corrected chi connectivity index (χ3v) is 4.75. The van der Waals surface area contributed by atoms with Crippen molar-refractivity contribution in [2.75, 3.05) is 20.3 Å². The number of amides is 1. The largest absolute Gasteiger partial charge is 0.503 e. The standard InChI is InChI=1S/C13H12BrNO4S2/c1-19-9-5-7(4-8(14)11(9)17)6-10-12(18)15(2-3-16)13(20)21-10/h4-6,16-17H,2-3H2,1H3. The normalized spacial score (nSPS) is 16.9. The molecule has 1 aromatic carbocycles. The number of carbonyl (C=O) groups excluding carboxylic acids is 1. The molecule has 21 heavy (non-hydrogen) atoms. The lowest BCUT2D eigenvalue weighted by atomic mass is 10.2. The first kappa shape index (κ1) is 16.3. The molecule has 0 unspecified atom stereocenters. The van der Waals surface area contributed by atoms with E-state index in [0.29, 0.717) is 25.0 Å². The molecule has 0 aliphatic carbocycles. The van der Waals surface area contributed by atoms with Crippen molar-refractivity contribution in [3.63, 3.8) is 0 Å². The Balaban J connectivity index is 2.35. The van der Waals surface area contributed by atoms with E-state index in [4.69, 9.17) is 22.1 Å². The van der Waals surface area contributed by atoms with E-state index in [1.54, 1.807) is 18.2 Å². The Morgan fingerprint density at radius 2 is 2.24 bits per heavy atom. The number of rotatable bonds is 4. The van der Waals surface area contributed by atoms with Crippen LogP contribution >= 0.6 is 39.9 Å². The Morgan fingerprint density at radius 1 is 1.52 bits per heavy atom. The second-order valence-electron chi connectivity index (χ2n) is 4.11. The van der Waals surface area contributed by atoms with Crippen LogP contribution in [0.25, 0.3) is 6.08 Å². The number of methoxy groups -OCH3 is 1. The van der Waals surface area contributed by atoms with Crippen LogP contribution in [0.2, 0.25) is 0 Å². The van der Waals surface area contributed by atoms with Crippen molar-refractivity contribution in [3.8, 4) is 11.5 Å². The molecule has 112 valence electrons. The minimum atomic E-state index is -0.234. The highest BCUT2D eigenvalue weighted by atomic mass is 79.9. The molecule has 1 aromatic rings. The number of halogens is 1. The second kappa shape index (κ2) is 6.78. The Hall–Kier alpha value is -1.09. The summed E-state index contributed by atoms with van der Waals surface area (Å²) in [4.78, 5) is 14.0. The monoisotopic (exact) mass is 389 g/mol. The molecule has 1 heterocycles. The van der Waals surface area contributed by atoms with Crippen LogP contribution in [0, 0.1) is 0 Å². The van der Waals surface area contributed by atoms with Crippen molar-refractivity contribution < 1.29 is 19.7 Å². The number of thiocarbonyl (C=S) groups is 1. The van der Waals surface area contributed by atoms with Crippen LogP contribution in [-0.4, -0.2) is 45.6 Å². The highest BCUT2D eigenvalue weighted by Crippen LogP contribution is 2.38. The number of aliphatic hydroxyl groups excluding tert-OH is 1. The number of benzene rings is 1. The van der Waals surface area contributed by atoms with Gasteiger partial charge in [-0.25, -0.2) is 0 Å². The molecule has 0 spiro atoms. The number of hydrogen-bond acceptors (Lipinski definition) is 6. The first-order valence-corrected chi connectivity index (χ1v) is 7.92. The van der Waals surface area contributed by atoms with Crippen LogP contribution in [-0.2, 0) is 4.79 Å². The molecule has 2 rings (SSSR count). The molecule has 0 radical (unpaired) electrons. The zero-order valence-electron chi connectivity index (χ0n) is 11.0. The van der Waals surface area contributed by atoms with Gasteiger partial charge in [0, 0.05) is 0 Å². The van der Waals surface area contributed by atoms with E-state index in [9.17, 15) is 9.90 Å². The molecule has 8 heteroatoms. The van der Waals surface area contributed by atoms with Crippen LogP contribution in [0.5, 0.6) is 11.5 Å². The predicted octanol–water partition coefficient (Wildman–Crippen LogP) is 2.36. The molecule has 1 saturated heterocycles. The van der Waals surface area contributed by atoms with Crippen molar-refractivity contribution >= 4 is 56.2 Å². The van der Waals surface area contributed by atoms with E-state index in [-0.39, 0.29) is 24.8 Å². The number of ether oxygens (including phenoxy) is 1. The second-order valence-corrected chi connectivity index (χ2v) is 6.64. The third kappa shape index (κ3) is 3.39. The first-order chi connectivity index (χ1) is 9.97. The van der Waals surface area contributed by atoms with Crippen LogP contribution in [0.1, 0.15) is 5.56 Å². The number of aliphatic hydroxyl groups is 1. The van der Waals surface area contributed by atoms with Gasteiger partial charge in [0.15, 0.2) is 11.5 Å². The van der Waals surface area contributed by atoms with Gasteiger partial charge in [0.25, 0.3) is 5.91 Å². The molecule has 0 saturated carbocycles. The maximum atomic E-state index is 12.2. The van der Waals surface area contributed by atoms with Gasteiger partial charge < -0.3 is 14.9 Å².